The first-order chi connectivity index (χ1) is 2.77. The van der Waals surface area contributed by atoms with Crippen LogP contribution in [-0.2, 0) is 0 Å². The van der Waals surface area contributed by atoms with E-state index in [0.717, 1.165) is 0 Å². The third kappa shape index (κ3) is 4.21. The van der Waals surface area contributed by atoms with Gasteiger partial charge < -0.3 is 0 Å². The molecule has 34 valence electrons. The maximum Gasteiger partial charge on any atom is -0.0125 e. The predicted octanol–water partition coefficient (Wildman–Crippen LogP) is 2.51. The van der Waals surface area contributed by atoms with Gasteiger partial charge in [0.15, 0.2) is 0 Å². The van der Waals surface area contributed by atoms with E-state index in [2.05, 4.69) is 29.2 Å². The zero-order valence-corrected chi connectivity index (χ0v) is 5.90. The zero-order valence-electron chi connectivity index (χ0n) is 3.74. The maximum absolute atomic E-state index is 3.52. The fourth-order valence-corrected chi connectivity index (χ4v) is 0.417. The lowest BCUT2D eigenvalue weighted by molar-refractivity contribution is 1.72. The molecule has 0 rings (SSSR count). The van der Waals surface area contributed by atoms with E-state index in [4.69, 9.17) is 0 Å². The highest BCUT2D eigenvalue weighted by molar-refractivity contribution is 14.1. The summed E-state index contributed by atoms with van der Waals surface area (Å²) in [6, 6.07) is 0. The molecule has 0 aromatic carbocycles. The minimum Gasteiger partial charge on any atom is -0.0990 e. The van der Waals surface area contributed by atoms with Crippen molar-refractivity contribution in [1.82, 2.24) is 0 Å². The molecule has 0 aromatic rings. The molecule has 0 N–H and O–H groups in total. The van der Waals surface area contributed by atoms with E-state index in [1.165, 1.54) is 3.58 Å². The van der Waals surface area contributed by atoms with Crippen LogP contribution in [0.15, 0.2) is 22.3 Å². The molecule has 1 heteroatoms. The van der Waals surface area contributed by atoms with E-state index in [-0.39, 0.29) is 0 Å². The monoisotopic (exact) mass is 194 g/mol. The van der Waals surface area contributed by atoms with Crippen LogP contribution in [0.3, 0.4) is 0 Å². The van der Waals surface area contributed by atoms with Crippen LogP contribution in [0.5, 0.6) is 0 Å². The van der Waals surface area contributed by atoms with Gasteiger partial charge >= 0.3 is 0 Å². The molecular weight excluding hydrogens is 187 g/mol. The second-order valence-corrected chi connectivity index (χ2v) is 2.69. The maximum atomic E-state index is 3.52. The van der Waals surface area contributed by atoms with E-state index in [9.17, 15) is 0 Å². The first-order valence-corrected chi connectivity index (χ1v) is 2.80. The largest absolute Gasteiger partial charge is 0.0990 e. The summed E-state index contributed by atoms with van der Waals surface area (Å²) < 4.78 is 1.27. The van der Waals surface area contributed by atoms with Crippen LogP contribution in [0.2, 0.25) is 0 Å². The summed E-state index contributed by atoms with van der Waals surface area (Å²) in [6.07, 6.45) is 3.74. The molecule has 0 saturated heterocycles. The summed E-state index contributed by atoms with van der Waals surface area (Å²) in [5.41, 5.74) is 0. The molecule has 0 aromatic heterocycles. The van der Waals surface area contributed by atoms with E-state index in [0.29, 0.717) is 0 Å². The third-order valence-corrected chi connectivity index (χ3v) is 0.707. The molecule has 0 aliphatic rings. The predicted molar refractivity (Wildman–Crippen MR) is 38.0 cm³/mol. The van der Waals surface area contributed by atoms with E-state index < -0.39 is 0 Å². The Balaban J connectivity index is 3.41. The molecule has 0 atom stereocenters. The minimum absolute atomic E-state index is 1.27. The molecule has 0 aliphatic heterocycles. The fourth-order valence-electron chi connectivity index (χ4n) is 0.162. The average Bonchev–Trinajstić information content (AvgIpc) is 1.35. The molecule has 0 saturated carbocycles. The number of allylic oxidation sites excluding steroid dienone is 3. The molecule has 0 unspecified atom stereocenters. The summed E-state index contributed by atoms with van der Waals surface area (Å²) in [6.45, 7) is 5.55. The Morgan fingerprint density at radius 1 is 1.83 bits per heavy atom. The Bertz CT molecular complexity index is 68.0. The second kappa shape index (κ2) is 3.40. The van der Waals surface area contributed by atoms with Crippen molar-refractivity contribution in [2.75, 3.05) is 0 Å². The standard InChI is InChI=1S/C5H7I/c1-3-4-5(2)6/h3-4H,1H2,2H3/b5-4+. The summed E-state index contributed by atoms with van der Waals surface area (Å²) in [5.74, 6) is 0. The highest BCUT2D eigenvalue weighted by Gasteiger charge is 1.66. The second-order valence-electron chi connectivity index (χ2n) is 0.989. The van der Waals surface area contributed by atoms with Gasteiger partial charge in [0.25, 0.3) is 0 Å². The van der Waals surface area contributed by atoms with Crippen LogP contribution in [-0.4, -0.2) is 0 Å². The lowest BCUT2D eigenvalue weighted by atomic mass is 10.5. The third-order valence-electron chi connectivity index (χ3n) is 0.348. The van der Waals surface area contributed by atoms with E-state index in [1.54, 1.807) is 6.08 Å². The Hall–Kier alpha value is 0.210. The Morgan fingerprint density at radius 3 is 2.33 bits per heavy atom. The van der Waals surface area contributed by atoms with Crippen molar-refractivity contribution in [2.24, 2.45) is 0 Å². The fraction of sp³-hybridized carbons (Fsp3) is 0.200. The minimum atomic E-state index is 1.27. The molecule has 0 amide bonds. The molecule has 0 nitrogen and oxygen atoms in total. The molecule has 0 fully saturated rings. The van der Waals surface area contributed by atoms with Gasteiger partial charge in [-0.05, 0) is 33.1 Å². The Morgan fingerprint density at radius 2 is 2.33 bits per heavy atom. The van der Waals surface area contributed by atoms with Gasteiger partial charge in [0.05, 0.1) is 0 Å². The van der Waals surface area contributed by atoms with Gasteiger partial charge in [-0.15, -0.1) is 0 Å². The molecule has 0 radical (unpaired) electrons. The smallest absolute Gasteiger partial charge is 0.0125 e. The van der Waals surface area contributed by atoms with Crippen LogP contribution < -0.4 is 0 Å². The van der Waals surface area contributed by atoms with Gasteiger partial charge in [-0.2, -0.15) is 0 Å². The van der Waals surface area contributed by atoms with Gasteiger partial charge in [-0.3, -0.25) is 0 Å². The van der Waals surface area contributed by atoms with Crippen molar-refractivity contribution in [3.05, 3.63) is 22.3 Å². The van der Waals surface area contributed by atoms with Gasteiger partial charge in [-0.25, -0.2) is 0 Å². The van der Waals surface area contributed by atoms with Crippen molar-refractivity contribution in [1.29, 1.82) is 0 Å². The van der Waals surface area contributed by atoms with Gasteiger partial charge in [0.1, 0.15) is 0 Å². The number of halogens is 1. The number of hydrogen-bond donors (Lipinski definition) is 0. The molecule has 0 aliphatic carbocycles. The van der Waals surface area contributed by atoms with Crippen molar-refractivity contribution >= 4 is 22.6 Å². The van der Waals surface area contributed by atoms with Crippen molar-refractivity contribution in [2.45, 2.75) is 6.92 Å². The van der Waals surface area contributed by atoms with Crippen LogP contribution in [0.25, 0.3) is 0 Å². The Labute approximate surface area is 52.1 Å². The van der Waals surface area contributed by atoms with Crippen molar-refractivity contribution < 1.29 is 0 Å². The number of rotatable bonds is 1. The van der Waals surface area contributed by atoms with E-state index >= 15 is 0 Å². The summed E-state index contributed by atoms with van der Waals surface area (Å²) in [5, 5.41) is 0. The first-order valence-electron chi connectivity index (χ1n) is 1.72. The Kier molecular flexibility index (Phi) is 3.52. The molecule has 6 heavy (non-hydrogen) atoms. The lowest BCUT2D eigenvalue weighted by Crippen LogP contribution is -1.47. The van der Waals surface area contributed by atoms with Gasteiger partial charge in [0.2, 0.25) is 0 Å². The molecule has 0 heterocycles. The molecular formula is C5H7I. The highest BCUT2D eigenvalue weighted by atomic mass is 127. The quantitative estimate of drug-likeness (QED) is 0.444. The lowest BCUT2D eigenvalue weighted by Gasteiger charge is -1.73. The zero-order chi connectivity index (χ0) is 4.99. The van der Waals surface area contributed by atoms with Gasteiger partial charge in [-0.1, -0.05) is 18.7 Å². The average molecular weight is 194 g/mol. The van der Waals surface area contributed by atoms with Crippen LogP contribution in [0, 0.1) is 0 Å². The summed E-state index contributed by atoms with van der Waals surface area (Å²) in [7, 11) is 0. The SMILES string of the molecule is C=C/C=C(\C)I. The normalized spacial score (nSPS) is 11.3. The summed E-state index contributed by atoms with van der Waals surface area (Å²) >= 11 is 2.23. The van der Waals surface area contributed by atoms with E-state index in [1.807, 2.05) is 13.0 Å². The first kappa shape index (κ1) is 6.21. The molecule has 0 bridgehead atoms. The van der Waals surface area contributed by atoms with Crippen LogP contribution >= 0.6 is 22.6 Å². The van der Waals surface area contributed by atoms with Crippen LogP contribution in [0.4, 0.5) is 0 Å². The van der Waals surface area contributed by atoms with Gasteiger partial charge in [0, 0.05) is 0 Å². The van der Waals surface area contributed by atoms with Crippen LogP contribution in [0.1, 0.15) is 6.92 Å². The number of hydrogen-bond acceptors (Lipinski definition) is 0. The van der Waals surface area contributed by atoms with Crippen molar-refractivity contribution in [3.63, 3.8) is 0 Å². The highest BCUT2D eigenvalue weighted by Crippen LogP contribution is 2.00. The topological polar surface area (TPSA) is 0 Å². The molecule has 0 spiro atoms. The van der Waals surface area contributed by atoms with Crippen molar-refractivity contribution in [3.8, 4) is 0 Å². The summed E-state index contributed by atoms with van der Waals surface area (Å²) in [4.78, 5) is 0.